The molecule has 0 saturated carbocycles. The van der Waals surface area contributed by atoms with Crippen molar-refractivity contribution in [3.8, 4) is 0 Å². The second-order valence-electron chi connectivity index (χ2n) is 7.21. The molecule has 0 aliphatic rings. The van der Waals surface area contributed by atoms with Crippen molar-refractivity contribution in [3.63, 3.8) is 0 Å². The average Bonchev–Trinajstić information content (AvgIpc) is 2.76. The minimum atomic E-state index is -3.99. The van der Waals surface area contributed by atoms with E-state index in [1.54, 1.807) is 44.2 Å². The van der Waals surface area contributed by atoms with E-state index in [0.29, 0.717) is 16.8 Å². The molecular weight excluding hydrogens is 419 g/mol. The lowest BCUT2D eigenvalue weighted by Gasteiger charge is -2.20. The standard InChI is InChI=1S/C23H23FN2O4S/c1-15-13-19(11-12-21(15)24)25-23(28)18-9-6-10-20(14-18)31(29,30)26-16(2)22(27)17-7-4-3-5-8-17/h3-14,16,22,26-27H,1-2H3,(H,25,28)/t16-,22+/m1/s1. The molecule has 6 nitrogen and oxygen atoms in total. The summed E-state index contributed by atoms with van der Waals surface area (Å²) in [5.74, 6) is -0.913. The van der Waals surface area contributed by atoms with Crippen molar-refractivity contribution in [2.75, 3.05) is 5.32 Å². The minimum Gasteiger partial charge on any atom is -0.387 e. The fourth-order valence-electron chi connectivity index (χ4n) is 3.05. The molecule has 0 radical (unpaired) electrons. The molecule has 1 amide bonds. The summed E-state index contributed by atoms with van der Waals surface area (Å²) >= 11 is 0. The van der Waals surface area contributed by atoms with Crippen molar-refractivity contribution in [2.45, 2.75) is 30.9 Å². The first-order valence-corrected chi connectivity index (χ1v) is 11.1. The highest BCUT2D eigenvalue weighted by Gasteiger charge is 2.24. The Morgan fingerprint density at radius 1 is 1.00 bits per heavy atom. The van der Waals surface area contributed by atoms with E-state index in [9.17, 15) is 22.7 Å². The summed E-state index contributed by atoms with van der Waals surface area (Å²) in [5.41, 5.74) is 1.49. The number of nitrogens with one attached hydrogen (secondary N) is 2. The van der Waals surface area contributed by atoms with Crippen molar-refractivity contribution >= 4 is 21.6 Å². The highest BCUT2D eigenvalue weighted by molar-refractivity contribution is 7.89. The van der Waals surface area contributed by atoms with Crippen LogP contribution in [-0.4, -0.2) is 25.5 Å². The van der Waals surface area contributed by atoms with E-state index in [1.165, 1.54) is 42.5 Å². The number of sulfonamides is 1. The van der Waals surface area contributed by atoms with E-state index < -0.39 is 28.1 Å². The molecule has 0 heterocycles. The predicted octanol–water partition coefficient (Wildman–Crippen LogP) is 3.79. The molecule has 0 fully saturated rings. The Balaban J connectivity index is 1.76. The number of amides is 1. The van der Waals surface area contributed by atoms with Crippen molar-refractivity contribution in [3.05, 3.63) is 95.3 Å². The van der Waals surface area contributed by atoms with Crippen molar-refractivity contribution in [1.29, 1.82) is 0 Å². The van der Waals surface area contributed by atoms with Crippen LogP contribution in [0.5, 0.6) is 0 Å². The molecule has 3 N–H and O–H groups in total. The number of rotatable bonds is 7. The normalized spacial score (nSPS) is 13.4. The van der Waals surface area contributed by atoms with Crippen molar-refractivity contribution in [2.24, 2.45) is 0 Å². The second kappa shape index (κ2) is 9.38. The van der Waals surface area contributed by atoms with Gasteiger partial charge in [-0.15, -0.1) is 0 Å². The van der Waals surface area contributed by atoms with Crippen LogP contribution in [0.15, 0.2) is 77.7 Å². The molecule has 0 unspecified atom stereocenters. The SMILES string of the molecule is Cc1cc(NC(=O)c2cccc(S(=O)(=O)N[C@H](C)[C@H](O)c3ccccc3)c2)ccc1F. The zero-order valence-electron chi connectivity index (χ0n) is 17.0. The number of carbonyl (C=O) groups is 1. The Bertz CT molecular complexity index is 1180. The first-order chi connectivity index (χ1) is 14.7. The number of hydrogen-bond acceptors (Lipinski definition) is 4. The van der Waals surface area contributed by atoms with Crippen LogP contribution in [0.3, 0.4) is 0 Å². The van der Waals surface area contributed by atoms with Crippen LogP contribution in [0.25, 0.3) is 0 Å². The van der Waals surface area contributed by atoms with Crippen LogP contribution in [0.1, 0.15) is 34.5 Å². The number of hydrogen-bond donors (Lipinski definition) is 3. The van der Waals surface area contributed by atoms with Crippen LogP contribution >= 0.6 is 0 Å². The summed E-state index contributed by atoms with van der Waals surface area (Å²) in [5, 5.41) is 13.1. The van der Waals surface area contributed by atoms with Crippen molar-refractivity contribution < 1.29 is 22.7 Å². The molecule has 2 atom stereocenters. The lowest BCUT2D eigenvalue weighted by molar-refractivity contribution is 0.102. The molecule has 31 heavy (non-hydrogen) atoms. The predicted molar refractivity (Wildman–Crippen MR) is 117 cm³/mol. The molecule has 3 rings (SSSR count). The van der Waals surface area contributed by atoms with Crippen LogP contribution in [0.4, 0.5) is 10.1 Å². The maximum Gasteiger partial charge on any atom is 0.255 e. The molecule has 0 aliphatic heterocycles. The Morgan fingerprint density at radius 2 is 1.71 bits per heavy atom. The molecule has 8 heteroatoms. The van der Waals surface area contributed by atoms with Crippen LogP contribution in [-0.2, 0) is 10.0 Å². The summed E-state index contributed by atoms with van der Waals surface area (Å²) in [4.78, 5) is 12.4. The molecule has 3 aromatic rings. The summed E-state index contributed by atoms with van der Waals surface area (Å²) < 4.78 is 41.5. The first-order valence-electron chi connectivity index (χ1n) is 9.60. The smallest absolute Gasteiger partial charge is 0.255 e. The maximum absolute atomic E-state index is 13.4. The van der Waals surface area contributed by atoms with E-state index in [-0.39, 0.29) is 16.3 Å². The highest BCUT2D eigenvalue weighted by atomic mass is 32.2. The lowest BCUT2D eigenvalue weighted by atomic mass is 10.0. The van der Waals surface area contributed by atoms with Gasteiger partial charge in [0, 0.05) is 17.3 Å². The molecule has 0 spiro atoms. The zero-order valence-corrected chi connectivity index (χ0v) is 17.9. The van der Waals surface area contributed by atoms with Gasteiger partial charge in [-0.25, -0.2) is 17.5 Å². The Hall–Kier alpha value is -3.07. The van der Waals surface area contributed by atoms with Gasteiger partial charge < -0.3 is 10.4 Å². The van der Waals surface area contributed by atoms with Crippen LogP contribution < -0.4 is 10.0 Å². The van der Waals surface area contributed by atoms with Gasteiger partial charge in [0.1, 0.15) is 5.82 Å². The molecule has 0 saturated heterocycles. The largest absolute Gasteiger partial charge is 0.387 e. The summed E-state index contributed by atoms with van der Waals surface area (Å²) in [6, 6.07) is 17.6. The molecule has 3 aromatic carbocycles. The van der Waals surface area contributed by atoms with Crippen LogP contribution in [0, 0.1) is 12.7 Å². The number of anilines is 1. The molecule has 0 aromatic heterocycles. The van der Waals surface area contributed by atoms with E-state index >= 15 is 0 Å². The van der Waals surface area contributed by atoms with Crippen LogP contribution in [0.2, 0.25) is 0 Å². The summed E-state index contributed by atoms with van der Waals surface area (Å²) in [7, 11) is -3.99. The van der Waals surface area contributed by atoms with Crippen molar-refractivity contribution in [1.82, 2.24) is 4.72 Å². The van der Waals surface area contributed by atoms with Gasteiger partial charge in [-0.2, -0.15) is 0 Å². The topological polar surface area (TPSA) is 95.5 Å². The van der Waals surface area contributed by atoms with E-state index in [1.807, 2.05) is 0 Å². The summed E-state index contributed by atoms with van der Waals surface area (Å²) in [6.07, 6.45) is -1.04. The number of aliphatic hydroxyl groups excluding tert-OH is 1. The second-order valence-corrected chi connectivity index (χ2v) is 8.93. The third kappa shape index (κ3) is 5.55. The fraction of sp³-hybridized carbons (Fsp3) is 0.174. The zero-order chi connectivity index (χ0) is 22.6. The van der Waals surface area contributed by atoms with E-state index in [0.717, 1.165) is 0 Å². The van der Waals surface area contributed by atoms with Gasteiger partial charge in [-0.3, -0.25) is 4.79 Å². The third-order valence-corrected chi connectivity index (χ3v) is 6.33. The Morgan fingerprint density at radius 3 is 2.39 bits per heavy atom. The quantitative estimate of drug-likeness (QED) is 0.519. The van der Waals surface area contributed by atoms with Gasteiger partial charge in [-0.05, 0) is 61.4 Å². The average molecular weight is 443 g/mol. The number of carbonyl (C=O) groups excluding carboxylic acids is 1. The Labute approximate surface area is 180 Å². The summed E-state index contributed by atoms with van der Waals surface area (Å²) in [6.45, 7) is 3.14. The number of aliphatic hydroxyl groups is 1. The number of halogens is 1. The lowest BCUT2D eigenvalue weighted by Crippen LogP contribution is -2.37. The van der Waals surface area contributed by atoms with Gasteiger partial charge >= 0.3 is 0 Å². The Kier molecular flexibility index (Phi) is 6.84. The van der Waals surface area contributed by atoms with Gasteiger partial charge in [0.2, 0.25) is 10.0 Å². The highest BCUT2D eigenvalue weighted by Crippen LogP contribution is 2.20. The number of aryl methyl sites for hydroxylation is 1. The molecule has 0 bridgehead atoms. The van der Waals surface area contributed by atoms with Gasteiger partial charge in [0.25, 0.3) is 5.91 Å². The van der Waals surface area contributed by atoms with Gasteiger partial charge in [0.15, 0.2) is 0 Å². The molecular formula is C23H23FN2O4S. The first kappa shape index (κ1) is 22.6. The van der Waals surface area contributed by atoms with E-state index in [4.69, 9.17) is 0 Å². The molecule has 0 aliphatic carbocycles. The fourth-order valence-corrected chi connectivity index (χ4v) is 4.34. The molecule has 162 valence electrons. The van der Waals surface area contributed by atoms with Gasteiger partial charge in [-0.1, -0.05) is 36.4 Å². The minimum absolute atomic E-state index is 0.109. The van der Waals surface area contributed by atoms with E-state index in [2.05, 4.69) is 10.0 Å². The third-order valence-electron chi connectivity index (χ3n) is 4.78. The monoisotopic (exact) mass is 442 g/mol. The maximum atomic E-state index is 13.4. The number of benzene rings is 3. The van der Waals surface area contributed by atoms with Gasteiger partial charge in [0.05, 0.1) is 11.0 Å².